The molecule has 0 fully saturated rings. The normalized spacial score (nSPS) is 11.2. The van der Waals surface area contributed by atoms with Gasteiger partial charge in [0.05, 0.1) is 11.4 Å². The molecule has 264 valence electrons. The minimum Gasteiger partial charge on any atom is -0.309 e. The predicted octanol–water partition coefficient (Wildman–Crippen LogP) is 15.9. The molecule has 0 N–H and O–H groups in total. The number of hydrogen-bond donors (Lipinski definition) is 0. The number of fused-ring (bicyclic) bond motifs is 3. The molecule has 0 unspecified atom stereocenters. The first-order valence-corrected chi connectivity index (χ1v) is 19.9. The van der Waals surface area contributed by atoms with Crippen LogP contribution >= 0.6 is 11.3 Å². The molecule has 0 atom stereocenters. The third-order valence-corrected chi connectivity index (χ3v) is 11.9. The lowest BCUT2D eigenvalue weighted by atomic mass is 9.88. The van der Waals surface area contributed by atoms with Crippen molar-refractivity contribution in [3.63, 3.8) is 0 Å². The first-order valence-electron chi connectivity index (χ1n) is 19.1. The maximum Gasteiger partial charge on any atom is 0.0540 e. The molecule has 9 aromatic carbocycles. The zero-order chi connectivity index (χ0) is 37.3. The molecule has 0 aliphatic rings. The Bertz CT molecular complexity index is 2960. The number of para-hydroxylation sites is 2. The lowest BCUT2D eigenvalue weighted by Crippen LogP contribution is -2.12. The van der Waals surface area contributed by atoms with Gasteiger partial charge in [0.15, 0.2) is 0 Å². The molecule has 56 heavy (non-hydrogen) atoms. The molecule has 2 heteroatoms. The average Bonchev–Trinajstić information content (AvgIpc) is 3.66. The van der Waals surface area contributed by atoms with Crippen LogP contribution in [0.3, 0.4) is 0 Å². The van der Waals surface area contributed by atoms with E-state index in [0.717, 1.165) is 22.6 Å². The summed E-state index contributed by atoms with van der Waals surface area (Å²) in [5.41, 5.74) is 15.3. The van der Waals surface area contributed by atoms with Gasteiger partial charge in [-0.25, -0.2) is 0 Å². The molecule has 1 nitrogen and oxygen atoms in total. The smallest absolute Gasteiger partial charge is 0.0540 e. The van der Waals surface area contributed by atoms with Crippen molar-refractivity contribution in [3.05, 3.63) is 224 Å². The zero-order valence-electron chi connectivity index (χ0n) is 30.7. The van der Waals surface area contributed by atoms with Gasteiger partial charge in [0.25, 0.3) is 0 Å². The molecule has 1 aromatic heterocycles. The molecule has 0 aliphatic carbocycles. The molecule has 1 heterocycles. The van der Waals surface area contributed by atoms with Crippen molar-refractivity contribution in [3.8, 4) is 55.6 Å². The summed E-state index contributed by atoms with van der Waals surface area (Å²) in [4.78, 5) is 2.47. The van der Waals surface area contributed by atoms with E-state index in [4.69, 9.17) is 0 Å². The van der Waals surface area contributed by atoms with Crippen LogP contribution in [-0.4, -0.2) is 0 Å². The first kappa shape index (κ1) is 33.6. The number of anilines is 3. The molecule has 0 saturated heterocycles. The van der Waals surface area contributed by atoms with Gasteiger partial charge >= 0.3 is 0 Å². The second-order valence-corrected chi connectivity index (χ2v) is 15.1. The highest BCUT2D eigenvalue weighted by Gasteiger charge is 2.23. The van der Waals surface area contributed by atoms with Crippen LogP contribution in [0, 0.1) is 0 Å². The van der Waals surface area contributed by atoms with Crippen LogP contribution in [0.2, 0.25) is 0 Å². The molecule has 0 aliphatic heterocycles. The number of rotatable bonds is 8. The Morgan fingerprint density at radius 2 is 0.696 bits per heavy atom. The van der Waals surface area contributed by atoms with Gasteiger partial charge in [-0.1, -0.05) is 194 Å². The fourth-order valence-electron chi connectivity index (χ4n) is 8.08. The van der Waals surface area contributed by atoms with E-state index in [1.165, 1.54) is 70.2 Å². The average molecular weight is 732 g/mol. The minimum atomic E-state index is 1.12. The highest BCUT2D eigenvalue weighted by atomic mass is 32.1. The molecule has 0 spiro atoms. The van der Waals surface area contributed by atoms with Crippen molar-refractivity contribution >= 4 is 48.6 Å². The Hall–Kier alpha value is -7.00. The summed E-state index contributed by atoms with van der Waals surface area (Å²) >= 11 is 1.86. The summed E-state index contributed by atoms with van der Waals surface area (Å²) in [6, 6.07) is 81.4. The largest absolute Gasteiger partial charge is 0.309 e. The van der Waals surface area contributed by atoms with Crippen LogP contribution in [0.4, 0.5) is 17.1 Å². The van der Waals surface area contributed by atoms with Crippen molar-refractivity contribution < 1.29 is 0 Å². The second-order valence-electron chi connectivity index (χ2n) is 14.0. The maximum atomic E-state index is 2.47. The first-order chi connectivity index (χ1) is 27.8. The molecular formula is C54H37NS. The van der Waals surface area contributed by atoms with E-state index in [1.54, 1.807) is 0 Å². The quantitative estimate of drug-likeness (QED) is 0.150. The van der Waals surface area contributed by atoms with Crippen molar-refractivity contribution in [2.24, 2.45) is 0 Å². The summed E-state index contributed by atoms with van der Waals surface area (Å²) in [5, 5.41) is 2.59. The van der Waals surface area contributed by atoms with E-state index < -0.39 is 0 Å². The van der Waals surface area contributed by atoms with Crippen LogP contribution in [0.1, 0.15) is 0 Å². The van der Waals surface area contributed by atoms with Crippen LogP contribution < -0.4 is 4.90 Å². The third-order valence-electron chi connectivity index (χ3n) is 10.7. The fraction of sp³-hybridized carbons (Fsp3) is 0. The maximum absolute atomic E-state index is 2.47. The number of hydrogen-bond acceptors (Lipinski definition) is 2. The standard InChI is InChI=1S/C54H37NS/c1-3-17-38(18-4-1)39-31-33-41(34-32-39)44-22-11-14-28-51(44)55(42-35-36-50-49-27-13-16-30-53(49)56-54(50)37-42)52-29-15-12-26-48(52)47-25-10-9-24-46(47)45-23-8-7-21-43(45)40-19-5-2-6-20-40/h1-37H. The van der Waals surface area contributed by atoms with Crippen molar-refractivity contribution in [2.45, 2.75) is 0 Å². The van der Waals surface area contributed by atoms with Gasteiger partial charge in [0, 0.05) is 37.0 Å². The fourth-order valence-corrected chi connectivity index (χ4v) is 9.22. The molecule has 0 bridgehead atoms. The van der Waals surface area contributed by atoms with Crippen LogP contribution in [0.15, 0.2) is 224 Å². The highest BCUT2D eigenvalue weighted by Crippen LogP contribution is 2.48. The van der Waals surface area contributed by atoms with E-state index in [9.17, 15) is 0 Å². The van der Waals surface area contributed by atoms with Gasteiger partial charge in [0.1, 0.15) is 0 Å². The van der Waals surface area contributed by atoms with Crippen molar-refractivity contribution in [2.75, 3.05) is 4.90 Å². The monoisotopic (exact) mass is 731 g/mol. The zero-order valence-corrected chi connectivity index (χ0v) is 31.5. The van der Waals surface area contributed by atoms with E-state index >= 15 is 0 Å². The van der Waals surface area contributed by atoms with Crippen molar-refractivity contribution in [1.29, 1.82) is 0 Å². The summed E-state index contributed by atoms with van der Waals surface area (Å²) in [6.07, 6.45) is 0. The SMILES string of the molecule is c1ccc(-c2ccc(-c3ccccc3N(c3ccc4c(c3)sc3ccccc34)c3ccccc3-c3ccccc3-c3ccccc3-c3ccccc3)cc2)cc1. The molecule has 10 aromatic rings. The van der Waals surface area contributed by atoms with Gasteiger partial charge < -0.3 is 4.90 Å². The molecular weight excluding hydrogens is 695 g/mol. The van der Waals surface area contributed by atoms with Gasteiger partial charge in [-0.15, -0.1) is 11.3 Å². The van der Waals surface area contributed by atoms with E-state index in [2.05, 4.69) is 229 Å². The Labute approximate surface area is 332 Å². The lowest BCUT2D eigenvalue weighted by molar-refractivity contribution is 1.29. The number of thiophene rings is 1. The van der Waals surface area contributed by atoms with Crippen LogP contribution in [0.5, 0.6) is 0 Å². The summed E-state index contributed by atoms with van der Waals surface area (Å²) in [6.45, 7) is 0. The Balaban J connectivity index is 1.19. The second kappa shape index (κ2) is 14.7. The molecule has 0 radical (unpaired) electrons. The van der Waals surface area contributed by atoms with E-state index in [0.29, 0.717) is 0 Å². The minimum absolute atomic E-state index is 1.12. The number of benzene rings is 9. The molecule has 10 rings (SSSR count). The van der Waals surface area contributed by atoms with Gasteiger partial charge in [-0.05, 0) is 74.8 Å². The van der Waals surface area contributed by atoms with Gasteiger partial charge in [-0.2, -0.15) is 0 Å². The lowest BCUT2D eigenvalue weighted by Gasteiger charge is -2.30. The topological polar surface area (TPSA) is 3.24 Å². The van der Waals surface area contributed by atoms with Crippen LogP contribution in [0.25, 0.3) is 75.8 Å². The predicted molar refractivity (Wildman–Crippen MR) is 241 cm³/mol. The van der Waals surface area contributed by atoms with E-state index in [1.807, 2.05) is 11.3 Å². The highest BCUT2D eigenvalue weighted by molar-refractivity contribution is 7.25. The molecule has 0 amide bonds. The Morgan fingerprint density at radius 1 is 0.268 bits per heavy atom. The van der Waals surface area contributed by atoms with Gasteiger partial charge in [-0.3, -0.25) is 0 Å². The Morgan fingerprint density at radius 3 is 1.39 bits per heavy atom. The summed E-state index contributed by atoms with van der Waals surface area (Å²) in [7, 11) is 0. The number of nitrogens with zero attached hydrogens (tertiary/aromatic N) is 1. The Kier molecular flexibility index (Phi) is 8.79. The summed E-state index contributed by atoms with van der Waals surface area (Å²) in [5.74, 6) is 0. The molecule has 0 saturated carbocycles. The third kappa shape index (κ3) is 6.17. The summed E-state index contributed by atoms with van der Waals surface area (Å²) < 4.78 is 2.57. The van der Waals surface area contributed by atoms with Crippen molar-refractivity contribution in [1.82, 2.24) is 0 Å². The van der Waals surface area contributed by atoms with Crippen LogP contribution in [-0.2, 0) is 0 Å². The van der Waals surface area contributed by atoms with E-state index in [-0.39, 0.29) is 0 Å². The van der Waals surface area contributed by atoms with Gasteiger partial charge in [0.2, 0.25) is 0 Å².